The van der Waals surface area contributed by atoms with Gasteiger partial charge in [-0.15, -0.1) is 0 Å². The molecule has 8 heteroatoms. The van der Waals surface area contributed by atoms with Crippen molar-refractivity contribution in [1.29, 1.82) is 0 Å². The Balaban J connectivity index is 2.13. The predicted molar refractivity (Wildman–Crippen MR) is 114 cm³/mol. The quantitative estimate of drug-likeness (QED) is 0.609. The van der Waals surface area contributed by atoms with E-state index >= 15 is 0 Å². The molecule has 2 aromatic carbocycles. The molecule has 0 unspecified atom stereocenters. The molecule has 0 aliphatic rings. The first-order valence-corrected chi connectivity index (χ1v) is 10.6. The maximum absolute atomic E-state index is 12.2. The maximum atomic E-state index is 12.2. The largest absolute Gasteiger partial charge is 0.493 e. The molecule has 2 N–H and O–H groups in total. The predicted octanol–water partition coefficient (Wildman–Crippen LogP) is 3.35. The third-order valence-electron chi connectivity index (χ3n) is 4.09. The lowest BCUT2D eigenvalue weighted by atomic mass is 10.2. The number of hydrogen-bond acceptors (Lipinski definition) is 5. The Labute approximate surface area is 171 Å². The third kappa shape index (κ3) is 6.07. The molecule has 156 valence electrons. The zero-order chi connectivity index (χ0) is 21.4. The maximum Gasteiger partial charge on any atom is 0.248 e. The normalized spacial score (nSPS) is 11.4. The van der Waals surface area contributed by atoms with Gasteiger partial charge in [-0.2, -0.15) is 0 Å². The molecule has 0 spiro atoms. The summed E-state index contributed by atoms with van der Waals surface area (Å²) in [5, 5.41) is 2.67. The van der Waals surface area contributed by atoms with Crippen LogP contribution in [0.3, 0.4) is 0 Å². The van der Waals surface area contributed by atoms with E-state index in [4.69, 9.17) is 9.47 Å². The van der Waals surface area contributed by atoms with Crippen LogP contribution in [-0.2, 0) is 14.8 Å². The molecule has 2 rings (SSSR count). The Kier molecular flexibility index (Phi) is 7.81. The minimum Gasteiger partial charge on any atom is -0.493 e. The van der Waals surface area contributed by atoms with Crippen molar-refractivity contribution in [3.8, 4) is 11.5 Å². The molecule has 2 aromatic rings. The Morgan fingerprint density at radius 2 is 1.90 bits per heavy atom. The number of rotatable bonds is 9. The van der Waals surface area contributed by atoms with Gasteiger partial charge in [-0.25, -0.2) is 13.1 Å². The fourth-order valence-corrected chi connectivity index (χ4v) is 3.55. The summed E-state index contributed by atoms with van der Waals surface area (Å²) in [5.74, 6) is 0.849. The summed E-state index contributed by atoms with van der Waals surface area (Å²) < 4.78 is 37.3. The number of anilines is 1. The van der Waals surface area contributed by atoms with Gasteiger partial charge in [0.05, 0.1) is 18.6 Å². The van der Waals surface area contributed by atoms with E-state index in [9.17, 15) is 13.2 Å². The van der Waals surface area contributed by atoms with Crippen molar-refractivity contribution in [2.75, 3.05) is 26.1 Å². The summed E-state index contributed by atoms with van der Waals surface area (Å²) in [4.78, 5) is 12.4. The van der Waals surface area contributed by atoms with Gasteiger partial charge in [0.15, 0.2) is 11.5 Å². The third-order valence-corrected chi connectivity index (χ3v) is 5.65. The topological polar surface area (TPSA) is 93.7 Å². The smallest absolute Gasteiger partial charge is 0.248 e. The number of benzene rings is 2. The van der Waals surface area contributed by atoms with Gasteiger partial charge in [0, 0.05) is 11.8 Å². The zero-order valence-corrected chi connectivity index (χ0v) is 17.8. The highest BCUT2D eigenvalue weighted by Gasteiger charge is 2.15. The second kappa shape index (κ2) is 10.1. The second-order valence-electron chi connectivity index (χ2n) is 6.27. The lowest BCUT2D eigenvalue weighted by molar-refractivity contribution is -0.111. The van der Waals surface area contributed by atoms with Crippen molar-refractivity contribution in [3.05, 3.63) is 53.6 Å². The van der Waals surface area contributed by atoms with Crippen LogP contribution in [0.4, 0.5) is 5.69 Å². The van der Waals surface area contributed by atoms with E-state index in [0.717, 1.165) is 12.0 Å². The van der Waals surface area contributed by atoms with Gasteiger partial charge in [0.2, 0.25) is 15.9 Å². The SMILES string of the molecule is CCCOc1ccc(/C=C/C(=O)Nc2ccc(C)c(S(=O)(=O)NC)c2)cc1OC. The van der Waals surface area contributed by atoms with Crippen molar-refractivity contribution in [1.82, 2.24) is 4.72 Å². The summed E-state index contributed by atoms with van der Waals surface area (Å²) in [6.45, 7) is 4.31. The molecular weight excluding hydrogens is 392 g/mol. The van der Waals surface area contributed by atoms with E-state index in [2.05, 4.69) is 10.0 Å². The minimum atomic E-state index is -3.61. The summed E-state index contributed by atoms with van der Waals surface area (Å²) in [6.07, 6.45) is 3.90. The average molecular weight is 419 g/mol. The minimum absolute atomic E-state index is 0.120. The van der Waals surface area contributed by atoms with Gasteiger partial charge in [-0.3, -0.25) is 4.79 Å². The van der Waals surface area contributed by atoms with Crippen LogP contribution in [0, 0.1) is 6.92 Å². The van der Waals surface area contributed by atoms with Crippen molar-refractivity contribution >= 4 is 27.7 Å². The van der Waals surface area contributed by atoms with Crippen molar-refractivity contribution in [3.63, 3.8) is 0 Å². The Bertz CT molecular complexity index is 1000. The fraction of sp³-hybridized carbons (Fsp3) is 0.286. The highest BCUT2D eigenvalue weighted by Crippen LogP contribution is 2.28. The van der Waals surface area contributed by atoms with Crippen LogP contribution in [0.25, 0.3) is 6.08 Å². The molecule has 0 radical (unpaired) electrons. The van der Waals surface area contributed by atoms with Crippen molar-refractivity contribution < 1.29 is 22.7 Å². The first kappa shape index (κ1) is 22.4. The van der Waals surface area contributed by atoms with E-state index < -0.39 is 10.0 Å². The van der Waals surface area contributed by atoms with Crippen molar-refractivity contribution in [2.45, 2.75) is 25.2 Å². The Morgan fingerprint density at radius 3 is 2.55 bits per heavy atom. The number of carbonyl (C=O) groups is 1. The molecule has 0 fully saturated rings. The lowest BCUT2D eigenvalue weighted by Gasteiger charge is -2.10. The van der Waals surface area contributed by atoms with Gasteiger partial charge in [0.25, 0.3) is 0 Å². The van der Waals surface area contributed by atoms with E-state index in [1.54, 1.807) is 44.4 Å². The molecule has 29 heavy (non-hydrogen) atoms. The van der Waals surface area contributed by atoms with Crippen LogP contribution in [-0.4, -0.2) is 35.1 Å². The lowest BCUT2D eigenvalue weighted by Crippen LogP contribution is -2.20. The number of nitrogens with one attached hydrogen (secondary N) is 2. The van der Waals surface area contributed by atoms with Crippen LogP contribution in [0.5, 0.6) is 11.5 Å². The molecule has 0 heterocycles. The number of amides is 1. The summed E-state index contributed by atoms with van der Waals surface area (Å²) in [7, 11) is -0.705. The number of aryl methyl sites for hydroxylation is 1. The van der Waals surface area contributed by atoms with E-state index in [1.165, 1.54) is 19.2 Å². The second-order valence-corrected chi connectivity index (χ2v) is 8.12. The number of carbonyl (C=O) groups excluding carboxylic acids is 1. The van der Waals surface area contributed by atoms with Gasteiger partial charge in [0.1, 0.15) is 0 Å². The molecule has 7 nitrogen and oxygen atoms in total. The first-order chi connectivity index (χ1) is 13.8. The van der Waals surface area contributed by atoms with Crippen LogP contribution in [0.2, 0.25) is 0 Å². The van der Waals surface area contributed by atoms with Gasteiger partial charge >= 0.3 is 0 Å². The van der Waals surface area contributed by atoms with Gasteiger partial charge < -0.3 is 14.8 Å². The molecular formula is C21H26N2O5S. The molecule has 0 aromatic heterocycles. The van der Waals surface area contributed by atoms with Crippen LogP contribution < -0.4 is 19.5 Å². The van der Waals surface area contributed by atoms with E-state index in [-0.39, 0.29) is 10.8 Å². The molecule has 0 atom stereocenters. The number of sulfonamides is 1. The molecule has 1 amide bonds. The van der Waals surface area contributed by atoms with Crippen LogP contribution in [0.1, 0.15) is 24.5 Å². The summed E-state index contributed by atoms with van der Waals surface area (Å²) in [5.41, 5.74) is 1.74. The summed E-state index contributed by atoms with van der Waals surface area (Å²) in [6, 6.07) is 10.1. The van der Waals surface area contributed by atoms with Crippen molar-refractivity contribution in [2.24, 2.45) is 0 Å². The standard InChI is InChI=1S/C21H26N2O5S/c1-5-12-28-18-10-7-16(13-19(18)27-4)8-11-21(24)23-17-9-6-15(2)20(14-17)29(25,26)22-3/h6-11,13-14,22H,5,12H2,1-4H3,(H,23,24)/b11-8+. The fourth-order valence-electron chi connectivity index (χ4n) is 2.55. The number of hydrogen-bond donors (Lipinski definition) is 2. The van der Waals surface area contributed by atoms with Crippen LogP contribution >= 0.6 is 0 Å². The number of methoxy groups -OCH3 is 1. The van der Waals surface area contributed by atoms with E-state index in [1.807, 2.05) is 13.0 Å². The molecule has 0 bridgehead atoms. The highest BCUT2D eigenvalue weighted by atomic mass is 32.2. The zero-order valence-electron chi connectivity index (χ0n) is 17.0. The first-order valence-electron chi connectivity index (χ1n) is 9.14. The highest BCUT2D eigenvalue weighted by molar-refractivity contribution is 7.89. The molecule has 0 aliphatic carbocycles. The Hall–Kier alpha value is -2.84. The number of ether oxygens (including phenoxy) is 2. The Morgan fingerprint density at radius 1 is 1.14 bits per heavy atom. The van der Waals surface area contributed by atoms with Gasteiger partial charge in [-0.05, 0) is 61.9 Å². The average Bonchev–Trinajstić information content (AvgIpc) is 2.72. The molecule has 0 saturated carbocycles. The van der Waals surface area contributed by atoms with Crippen LogP contribution in [0.15, 0.2) is 47.4 Å². The molecule has 0 aliphatic heterocycles. The monoisotopic (exact) mass is 418 g/mol. The summed E-state index contributed by atoms with van der Waals surface area (Å²) >= 11 is 0. The van der Waals surface area contributed by atoms with Gasteiger partial charge in [-0.1, -0.05) is 19.1 Å². The van der Waals surface area contributed by atoms with E-state index in [0.29, 0.717) is 29.4 Å². The molecule has 0 saturated heterocycles.